The number of carbonyl (C=O) groups excluding carboxylic acids is 1. The highest BCUT2D eigenvalue weighted by atomic mass is 16.4. The van der Waals surface area contributed by atoms with Crippen LogP contribution in [0.15, 0.2) is 36.5 Å². The molecule has 0 saturated carbocycles. The summed E-state index contributed by atoms with van der Waals surface area (Å²) >= 11 is 0. The van der Waals surface area contributed by atoms with Crippen LogP contribution in [0.3, 0.4) is 0 Å². The topological polar surface area (TPSA) is 74.6 Å². The van der Waals surface area contributed by atoms with Crippen molar-refractivity contribution in [2.24, 2.45) is 11.8 Å². The van der Waals surface area contributed by atoms with E-state index in [4.69, 9.17) is 5.11 Å². The molecule has 0 heterocycles. The van der Waals surface area contributed by atoms with E-state index < -0.39 is 12.1 Å². The third kappa shape index (κ3) is 8.25. The lowest BCUT2D eigenvalue weighted by Gasteiger charge is -2.13. The summed E-state index contributed by atoms with van der Waals surface area (Å²) in [7, 11) is 0. The van der Waals surface area contributed by atoms with Gasteiger partial charge in [0.05, 0.1) is 6.10 Å². The predicted octanol–water partition coefficient (Wildman–Crippen LogP) is 4.06. The lowest BCUT2D eigenvalue weighted by atomic mass is 9.90. The van der Waals surface area contributed by atoms with Gasteiger partial charge in [-0.1, -0.05) is 56.6 Å². The van der Waals surface area contributed by atoms with Gasteiger partial charge in [0.1, 0.15) is 0 Å². The summed E-state index contributed by atoms with van der Waals surface area (Å²) < 4.78 is 0. The van der Waals surface area contributed by atoms with Gasteiger partial charge in [0.25, 0.3) is 0 Å². The first-order valence-electron chi connectivity index (χ1n) is 8.99. The number of ketones is 1. The van der Waals surface area contributed by atoms with Crippen molar-refractivity contribution in [1.29, 1.82) is 0 Å². The van der Waals surface area contributed by atoms with Gasteiger partial charge in [-0.2, -0.15) is 0 Å². The van der Waals surface area contributed by atoms with E-state index in [1.54, 1.807) is 6.08 Å². The van der Waals surface area contributed by atoms with Gasteiger partial charge in [0, 0.05) is 18.3 Å². The Kier molecular flexibility index (Phi) is 10.0. The molecule has 24 heavy (non-hydrogen) atoms. The normalized spacial score (nSPS) is 22.0. The van der Waals surface area contributed by atoms with Gasteiger partial charge in [-0.05, 0) is 31.8 Å². The fourth-order valence-corrected chi connectivity index (χ4v) is 2.81. The molecule has 2 N–H and O–H groups in total. The molecular weight excluding hydrogens is 304 g/mol. The first kappa shape index (κ1) is 20.4. The fourth-order valence-electron chi connectivity index (χ4n) is 2.81. The maximum atomic E-state index is 12.0. The monoisotopic (exact) mass is 334 g/mol. The molecule has 0 amide bonds. The van der Waals surface area contributed by atoms with Gasteiger partial charge < -0.3 is 10.2 Å². The van der Waals surface area contributed by atoms with Gasteiger partial charge >= 0.3 is 5.97 Å². The molecule has 4 heteroatoms. The molecular formula is C20H30O4. The SMILES string of the molecule is CCCCCC(O)/C=C\C1C=CC(=O)C1C/C=C/CCCC(=O)O. The van der Waals surface area contributed by atoms with Crippen LogP contribution in [-0.2, 0) is 9.59 Å². The molecule has 1 aliphatic rings. The van der Waals surface area contributed by atoms with E-state index in [-0.39, 0.29) is 24.0 Å². The zero-order valence-electron chi connectivity index (χ0n) is 14.6. The summed E-state index contributed by atoms with van der Waals surface area (Å²) in [5.74, 6) is -0.705. The van der Waals surface area contributed by atoms with E-state index in [0.29, 0.717) is 12.8 Å². The van der Waals surface area contributed by atoms with Crippen molar-refractivity contribution in [3.8, 4) is 0 Å². The van der Waals surface area contributed by atoms with Crippen molar-refractivity contribution >= 4 is 11.8 Å². The predicted molar refractivity (Wildman–Crippen MR) is 95.7 cm³/mol. The lowest BCUT2D eigenvalue weighted by molar-refractivity contribution is -0.137. The molecule has 1 rings (SSSR count). The third-order valence-corrected chi connectivity index (χ3v) is 4.29. The summed E-state index contributed by atoms with van der Waals surface area (Å²) in [5.41, 5.74) is 0. The number of aliphatic hydroxyl groups excluding tert-OH is 1. The van der Waals surface area contributed by atoms with Crippen LogP contribution in [0.25, 0.3) is 0 Å². The van der Waals surface area contributed by atoms with Crippen molar-refractivity contribution in [2.75, 3.05) is 0 Å². The summed E-state index contributed by atoms with van der Waals surface area (Å²) in [6.07, 6.45) is 17.0. The molecule has 0 aromatic carbocycles. The Morgan fingerprint density at radius 2 is 2.08 bits per heavy atom. The van der Waals surface area contributed by atoms with Crippen molar-refractivity contribution in [1.82, 2.24) is 0 Å². The summed E-state index contributed by atoms with van der Waals surface area (Å²) in [6.45, 7) is 2.14. The van der Waals surface area contributed by atoms with Crippen molar-refractivity contribution < 1.29 is 19.8 Å². The van der Waals surface area contributed by atoms with Crippen molar-refractivity contribution in [3.63, 3.8) is 0 Å². The molecule has 0 aliphatic heterocycles. The van der Waals surface area contributed by atoms with E-state index in [1.807, 2.05) is 30.4 Å². The van der Waals surface area contributed by atoms with Gasteiger partial charge in [-0.15, -0.1) is 0 Å². The first-order valence-corrected chi connectivity index (χ1v) is 8.99. The third-order valence-electron chi connectivity index (χ3n) is 4.29. The van der Waals surface area contributed by atoms with Crippen molar-refractivity contribution in [3.05, 3.63) is 36.5 Å². The molecule has 0 fully saturated rings. The smallest absolute Gasteiger partial charge is 0.303 e. The van der Waals surface area contributed by atoms with E-state index in [2.05, 4.69) is 6.92 Å². The molecule has 4 nitrogen and oxygen atoms in total. The maximum absolute atomic E-state index is 12.0. The van der Waals surface area contributed by atoms with Crippen LogP contribution in [0, 0.1) is 11.8 Å². The summed E-state index contributed by atoms with van der Waals surface area (Å²) in [6, 6.07) is 0. The maximum Gasteiger partial charge on any atom is 0.303 e. The standard InChI is InChI=1S/C20H30O4/c1-2-3-6-9-17(21)14-12-16-13-15-19(22)18(16)10-7-4-5-8-11-20(23)24/h4,7,12-18,21H,2-3,5-6,8-11H2,1H3,(H,23,24)/b7-4+,14-12-. The zero-order chi connectivity index (χ0) is 17.8. The molecule has 0 radical (unpaired) electrons. The highest BCUT2D eigenvalue weighted by Gasteiger charge is 2.27. The Morgan fingerprint density at radius 3 is 2.79 bits per heavy atom. The van der Waals surface area contributed by atoms with Gasteiger partial charge in [0.15, 0.2) is 5.78 Å². The van der Waals surface area contributed by atoms with Crippen LogP contribution in [0.2, 0.25) is 0 Å². The van der Waals surface area contributed by atoms with Crippen LogP contribution in [0.4, 0.5) is 0 Å². The summed E-state index contributed by atoms with van der Waals surface area (Å²) in [5, 5.41) is 18.5. The van der Waals surface area contributed by atoms with Gasteiger partial charge in [0.2, 0.25) is 0 Å². The number of aliphatic hydroxyl groups is 1. The highest BCUT2D eigenvalue weighted by Crippen LogP contribution is 2.27. The largest absolute Gasteiger partial charge is 0.481 e. The zero-order valence-corrected chi connectivity index (χ0v) is 14.6. The Hall–Kier alpha value is -1.68. The van der Waals surface area contributed by atoms with Crippen molar-refractivity contribution in [2.45, 2.75) is 64.4 Å². The van der Waals surface area contributed by atoms with E-state index in [9.17, 15) is 14.7 Å². The summed E-state index contributed by atoms with van der Waals surface area (Å²) in [4.78, 5) is 22.4. The van der Waals surface area contributed by atoms with Crippen LogP contribution in [0.1, 0.15) is 58.3 Å². The molecule has 0 spiro atoms. The number of carbonyl (C=O) groups is 2. The minimum atomic E-state index is -0.777. The Balaban J connectivity index is 2.38. The minimum Gasteiger partial charge on any atom is -0.481 e. The Labute approximate surface area is 145 Å². The molecule has 0 saturated heterocycles. The molecule has 3 unspecified atom stereocenters. The average Bonchev–Trinajstić information content (AvgIpc) is 2.89. The Bertz CT molecular complexity index is 476. The highest BCUT2D eigenvalue weighted by molar-refractivity contribution is 5.95. The number of aliphatic carboxylic acids is 1. The van der Waals surface area contributed by atoms with Crippen LogP contribution in [-0.4, -0.2) is 28.1 Å². The second-order valence-corrected chi connectivity index (χ2v) is 6.39. The molecule has 0 aromatic rings. The number of unbranched alkanes of at least 4 members (excludes halogenated alkanes) is 3. The molecule has 3 atom stereocenters. The van der Waals surface area contributed by atoms with Crippen LogP contribution in [0.5, 0.6) is 0 Å². The quantitative estimate of drug-likeness (QED) is 0.417. The number of rotatable bonds is 12. The Morgan fingerprint density at radius 1 is 1.29 bits per heavy atom. The number of hydrogen-bond acceptors (Lipinski definition) is 3. The van der Waals surface area contributed by atoms with Gasteiger partial charge in [-0.3, -0.25) is 9.59 Å². The van der Waals surface area contributed by atoms with E-state index in [0.717, 1.165) is 32.1 Å². The lowest BCUT2D eigenvalue weighted by Crippen LogP contribution is -2.14. The van der Waals surface area contributed by atoms with Crippen LogP contribution >= 0.6 is 0 Å². The molecule has 1 aliphatic carbocycles. The minimum absolute atomic E-state index is 0.0435. The van der Waals surface area contributed by atoms with Gasteiger partial charge in [-0.25, -0.2) is 0 Å². The number of carboxylic acids is 1. The average molecular weight is 334 g/mol. The first-order chi connectivity index (χ1) is 11.5. The number of hydrogen-bond donors (Lipinski definition) is 2. The molecule has 0 bridgehead atoms. The second-order valence-electron chi connectivity index (χ2n) is 6.39. The molecule has 0 aromatic heterocycles. The van der Waals surface area contributed by atoms with E-state index >= 15 is 0 Å². The number of allylic oxidation sites excluding steroid dienone is 5. The second kappa shape index (κ2) is 11.8. The number of carboxylic acid groups (broad SMARTS) is 1. The van der Waals surface area contributed by atoms with E-state index in [1.165, 1.54) is 0 Å². The molecule has 134 valence electrons. The van der Waals surface area contributed by atoms with Crippen LogP contribution < -0.4 is 0 Å². The fraction of sp³-hybridized carbons (Fsp3) is 0.600.